The fourth-order valence-electron chi connectivity index (χ4n) is 4.03. The van der Waals surface area contributed by atoms with Crippen molar-refractivity contribution in [3.05, 3.63) is 54.4 Å². The van der Waals surface area contributed by atoms with Crippen molar-refractivity contribution in [3.8, 4) is 11.5 Å². The van der Waals surface area contributed by atoms with Crippen LogP contribution in [-0.4, -0.2) is 84.0 Å². The number of hydrogen-bond donors (Lipinski definition) is 0. The molecule has 178 valence electrons. The van der Waals surface area contributed by atoms with E-state index in [1.807, 2.05) is 48.5 Å². The summed E-state index contributed by atoms with van der Waals surface area (Å²) in [4.78, 5) is 26.5. The molecule has 2 aromatic carbocycles. The Balaban J connectivity index is 1.22. The molecule has 1 atom stereocenters. The summed E-state index contributed by atoms with van der Waals surface area (Å²) in [7, 11) is 1.80. The fourth-order valence-corrected chi connectivity index (χ4v) is 5.01. The number of amides is 1. The molecule has 5 rings (SSSR count). The first-order valence-corrected chi connectivity index (χ1v) is 12.5. The SMILES string of the molecule is CN(C[C@H]1COc2ccccc2O1)C(=O)CSc1nc(CN2CCOCC2)nc2ccccc12. The molecule has 1 saturated heterocycles. The van der Waals surface area contributed by atoms with Gasteiger partial charge in [-0.2, -0.15) is 0 Å². The summed E-state index contributed by atoms with van der Waals surface area (Å²) >= 11 is 1.46. The second-order valence-electron chi connectivity index (χ2n) is 8.41. The van der Waals surface area contributed by atoms with Crippen LogP contribution in [0.1, 0.15) is 5.82 Å². The number of morpholine rings is 1. The molecular weight excluding hydrogens is 452 g/mol. The first-order valence-electron chi connectivity index (χ1n) is 11.5. The molecule has 8 nitrogen and oxygen atoms in total. The maximum Gasteiger partial charge on any atom is 0.232 e. The maximum absolute atomic E-state index is 12.9. The lowest BCUT2D eigenvalue weighted by atomic mass is 10.2. The number of carbonyl (C=O) groups is 1. The van der Waals surface area contributed by atoms with Gasteiger partial charge in [0.05, 0.1) is 37.6 Å². The highest BCUT2D eigenvalue weighted by Crippen LogP contribution is 2.31. The van der Waals surface area contributed by atoms with Gasteiger partial charge in [-0.05, 0) is 18.2 Å². The Kier molecular flexibility index (Phi) is 7.13. The van der Waals surface area contributed by atoms with Gasteiger partial charge in [0.25, 0.3) is 0 Å². The topological polar surface area (TPSA) is 77.0 Å². The van der Waals surface area contributed by atoms with E-state index in [9.17, 15) is 4.79 Å². The summed E-state index contributed by atoms with van der Waals surface area (Å²) < 4.78 is 17.2. The van der Waals surface area contributed by atoms with E-state index in [0.717, 1.165) is 53.8 Å². The molecule has 1 aromatic heterocycles. The molecule has 1 fully saturated rings. The quantitative estimate of drug-likeness (QED) is 0.378. The number of likely N-dealkylation sites (N-methyl/N-ethyl adjacent to an activating group) is 1. The third-order valence-corrected chi connectivity index (χ3v) is 6.86. The van der Waals surface area contributed by atoms with Crippen LogP contribution in [0.4, 0.5) is 0 Å². The average Bonchev–Trinajstić information content (AvgIpc) is 2.87. The third-order valence-electron chi connectivity index (χ3n) is 5.89. The zero-order valence-electron chi connectivity index (χ0n) is 19.2. The zero-order valence-corrected chi connectivity index (χ0v) is 20.0. The number of hydrogen-bond acceptors (Lipinski definition) is 8. The van der Waals surface area contributed by atoms with Crippen molar-refractivity contribution in [2.75, 3.05) is 52.3 Å². The molecule has 0 bridgehead atoms. The fraction of sp³-hybridized carbons (Fsp3) is 0.400. The molecule has 9 heteroatoms. The van der Waals surface area contributed by atoms with Gasteiger partial charge in [0, 0.05) is 25.5 Å². The van der Waals surface area contributed by atoms with Crippen LogP contribution in [0.2, 0.25) is 0 Å². The van der Waals surface area contributed by atoms with Gasteiger partial charge in [-0.1, -0.05) is 42.1 Å². The number of nitrogens with zero attached hydrogens (tertiary/aromatic N) is 4. The van der Waals surface area contributed by atoms with E-state index in [0.29, 0.717) is 31.2 Å². The summed E-state index contributed by atoms with van der Waals surface area (Å²) in [5.74, 6) is 2.54. The molecule has 34 heavy (non-hydrogen) atoms. The van der Waals surface area contributed by atoms with Crippen LogP contribution >= 0.6 is 11.8 Å². The van der Waals surface area contributed by atoms with Gasteiger partial charge in [0.2, 0.25) is 5.91 Å². The van der Waals surface area contributed by atoms with Crippen molar-refractivity contribution in [3.63, 3.8) is 0 Å². The number of ether oxygens (including phenoxy) is 3. The number of thioether (sulfide) groups is 1. The van der Waals surface area contributed by atoms with Crippen molar-refractivity contribution >= 4 is 28.6 Å². The maximum atomic E-state index is 12.9. The van der Waals surface area contributed by atoms with Gasteiger partial charge >= 0.3 is 0 Å². The highest BCUT2D eigenvalue weighted by Gasteiger charge is 2.24. The molecule has 2 aliphatic heterocycles. The largest absolute Gasteiger partial charge is 0.486 e. The lowest BCUT2D eigenvalue weighted by molar-refractivity contribution is -0.128. The molecule has 0 aliphatic carbocycles. The predicted octanol–water partition coefficient (Wildman–Crippen LogP) is 2.85. The van der Waals surface area contributed by atoms with E-state index in [1.54, 1.807) is 11.9 Å². The summed E-state index contributed by atoms with van der Waals surface area (Å²) in [6.45, 7) is 4.77. The number of carbonyl (C=O) groups excluding carboxylic acids is 1. The monoisotopic (exact) mass is 480 g/mol. The molecular formula is C25H28N4O4S. The Bertz CT molecular complexity index is 1150. The van der Waals surface area contributed by atoms with Crippen LogP contribution < -0.4 is 9.47 Å². The molecule has 3 aromatic rings. The van der Waals surface area contributed by atoms with Gasteiger partial charge in [0.15, 0.2) is 17.6 Å². The Morgan fingerprint density at radius 3 is 2.71 bits per heavy atom. The smallest absolute Gasteiger partial charge is 0.232 e. The van der Waals surface area contributed by atoms with Crippen LogP contribution in [0.15, 0.2) is 53.6 Å². The van der Waals surface area contributed by atoms with Gasteiger partial charge < -0.3 is 19.1 Å². The van der Waals surface area contributed by atoms with Crippen LogP contribution in [0.3, 0.4) is 0 Å². The van der Waals surface area contributed by atoms with Crippen molar-refractivity contribution in [1.29, 1.82) is 0 Å². The van der Waals surface area contributed by atoms with Gasteiger partial charge in [-0.25, -0.2) is 9.97 Å². The number of benzene rings is 2. The third kappa shape index (κ3) is 5.43. The first kappa shape index (κ1) is 22.9. The lowest BCUT2D eigenvalue weighted by Gasteiger charge is -2.29. The Labute approximate surface area is 203 Å². The minimum Gasteiger partial charge on any atom is -0.486 e. The number of para-hydroxylation sites is 3. The summed E-state index contributed by atoms with van der Waals surface area (Å²) in [6.07, 6.45) is -0.200. The Hall–Kier alpha value is -2.88. The van der Waals surface area contributed by atoms with Gasteiger partial charge in [0.1, 0.15) is 17.5 Å². The summed E-state index contributed by atoms with van der Waals surface area (Å²) in [6, 6.07) is 15.6. The zero-order chi connectivity index (χ0) is 23.3. The molecule has 1 amide bonds. The Morgan fingerprint density at radius 2 is 1.85 bits per heavy atom. The molecule has 3 heterocycles. The van der Waals surface area contributed by atoms with E-state index in [-0.39, 0.29) is 12.0 Å². The highest BCUT2D eigenvalue weighted by atomic mass is 32.2. The number of rotatable bonds is 7. The molecule has 0 saturated carbocycles. The normalized spacial score (nSPS) is 18.1. The van der Waals surface area contributed by atoms with E-state index in [4.69, 9.17) is 24.2 Å². The molecule has 0 spiro atoms. The van der Waals surface area contributed by atoms with Crippen molar-refractivity contribution in [1.82, 2.24) is 19.8 Å². The van der Waals surface area contributed by atoms with E-state index < -0.39 is 0 Å². The molecule has 0 unspecified atom stereocenters. The van der Waals surface area contributed by atoms with Crippen LogP contribution in [0.25, 0.3) is 10.9 Å². The van der Waals surface area contributed by atoms with Gasteiger partial charge in [-0.3, -0.25) is 9.69 Å². The standard InChI is InChI=1S/C25H28N4O4S/c1-28(14-18-16-32-21-8-4-5-9-22(21)33-18)24(30)17-34-25-19-6-2-3-7-20(19)26-23(27-25)15-29-10-12-31-13-11-29/h2-9,18H,10-17H2,1H3/t18-/m0/s1. The van der Waals surface area contributed by atoms with Crippen molar-refractivity contribution in [2.45, 2.75) is 17.7 Å². The molecule has 0 N–H and O–H groups in total. The second kappa shape index (κ2) is 10.6. The van der Waals surface area contributed by atoms with Crippen LogP contribution in [0, 0.1) is 0 Å². The second-order valence-corrected chi connectivity index (χ2v) is 9.38. The van der Waals surface area contributed by atoms with E-state index >= 15 is 0 Å². The minimum absolute atomic E-state index is 0.0184. The molecule has 2 aliphatic rings. The minimum atomic E-state index is -0.200. The average molecular weight is 481 g/mol. The summed E-state index contributed by atoms with van der Waals surface area (Å²) in [5, 5.41) is 1.80. The number of fused-ring (bicyclic) bond motifs is 2. The number of aromatic nitrogens is 2. The summed E-state index contributed by atoms with van der Waals surface area (Å²) in [5.41, 5.74) is 0.899. The van der Waals surface area contributed by atoms with Crippen molar-refractivity contribution in [2.24, 2.45) is 0 Å². The van der Waals surface area contributed by atoms with E-state index in [2.05, 4.69) is 4.90 Å². The Morgan fingerprint density at radius 1 is 1.09 bits per heavy atom. The molecule has 0 radical (unpaired) electrons. The lowest BCUT2D eigenvalue weighted by Crippen LogP contribution is -2.42. The van der Waals surface area contributed by atoms with Crippen LogP contribution in [-0.2, 0) is 16.1 Å². The van der Waals surface area contributed by atoms with E-state index in [1.165, 1.54) is 11.8 Å². The predicted molar refractivity (Wildman–Crippen MR) is 130 cm³/mol. The highest BCUT2D eigenvalue weighted by molar-refractivity contribution is 8.00. The van der Waals surface area contributed by atoms with Gasteiger partial charge in [-0.15, -0.1) is 0 Å². The van der Waals surface area contributed by atoms with Crippen molar-refractivity contribution < 1.29 is 19.0 Å². The van der Waals surface area contributed by atoms with Crippen LogP contribution in [0.5, 0.6) is 11.5 Å². The first-order chi connectivity index (χ1) is 16.7.